The standard InChI is InChI=1S/C12H16Cl2N2OS/c13-9-5-6-10(14)11(8-9)18-7-3-1-2-4-12(17)16-15/h5-6,8H,1-4,7,15H2,(H,16,17). The van der Waals surface area contributed by atoms with E-state index in [0.717, 1.165) is 34.9 Å². The predicted octanol–water partition coefficient (Wildman–Crippen LogP) is 3.64. The van der Waals surface area contributed by atoms with Crippen LogP contribution in [0.25, 0.3) is 0 Å². The lowest BCUT2D eigenvalue weighted by molar-refractivity contribution is -0.121. The molecule has 100 valence electrons. The van der Waals surface area contributed by atoms with Crippen molar-refractivity contribution in [2.24, 2.45) is 5.84 Å². The minimum atomic E-state index is -0.111. The first-order valence-electron chi connectivity index (χ1n) is 5.71. The summed E-state index contributed by atoms with van der Waals surface area (Å²) in [6.07, 6.45) is 3.37. The fraction of sp³-hybridized carbons (Fsp3) is 0.417. The molecule has 1 amide bonds. The van der Waals surface area contributed by atoms with Crippen LogP contribution in [0.4, 0.5) is 0 Å². The molecule has 0 unspecified atom stereocenters. The highest BCUT2D eigenvalue weighted by atomic mass is 35.5. The molecule has 18 heavy (non-hydrogen) atoms. The summed E-state index contributed by atoms with van der Waals surface area (Å²) in [6, 6.07) is 5.45. The van der Waals surface area contributed by atoms with E-state index in [1.165, 1.54) is 0 Å². The van der Waals surface area contributed by atoms with E-state index in [9.17, 15) is 4.79 Å². The zero-order valence-corrected chi connectivity index (χ0v) is 12.2. The largest absolute Gasteiger partial charge is 0.294 e. The molecule has 1 aromatic rings. The Morgan fingerprint density at radius 1 is 1.28 bits per heavy atom. The van der Waals surface area contributed by atoms with Crippen molar-refractivity contribution >= 4 is 40.9 Å². The van der Waals surface area contributed by atoms with Crippen molar-refractivity contribution in [3.05, 3.63) is 28.2 Å². The van der Waals surface area contributed by atoms with Gasteiger partial charge in [0, 0.05) is 16.3 Å². The summed E-state index contributed by atoms with van der Waals surface area (Å²) in [5.41, 5.74) is 2.12. The first-order chi connectivity index (χ1) is 8.63. The van der Waals surface area contributed by atoms with E-state index in [2.05, 4.69) is 5.43 Å². The van der Waals surface area contributed by atoms with Gasteiger partial charge in [-0.05, 0) is 36.8 Å². The average molecular weight is 307 g/mol. The highest BCUT2D eigenvalue weighted by Gasteiger charge is 2.02. The predicted molar refractivity (Wildman–Crippen MR) is 78.0 cm³/mol. The van der Waals surface area contributed by atoms with Gasteiger partial charge in [0.25, 0.3) is 0 Å². The smallest absolute Gasteiger partial charge is 0.233 e. The number of hydrogen-bond acceptors (Lipinski definition) is 3. The number of benzene rings is 1. The van der Waals surface area contributed by atoms with Crippen LogP contribution in [0.1, 0.15) is 25.7 Å². The molecule has 0 aromatic heterocycles. The van der Waals surface area contributed by atoms with E-state index in [1.807, 2.05) is 6.07 Å². The molecule has 0 saturated carbocycles. The molecule has 1 aromatic carbocycles. The molecule has 1 rings (SSSR count). The third-order valence-electron chi connectivity index (χ3n) is 2.36. The molecular formula is C12H16Cl2N2OS. The first-order valence-corrected chi connectivity index (χ1v) is 7.45. The van der Waals surface area contributed by atoms with Crippen LogP contribution in [0.2, 0.25) is 10.0 Å². The lowest BCUT2D eigenvalue weighted by Gasteiger charge is -2.04. The van der Waals surface area contributed by atoms with Crippen LogP contribution in [-0.2, 0) is 4.79 Å². The van der Waals surface area contributed by atoms with E-state index in [-0.39, 0.29) is 5.91 Å². The summed E-state index contributed by atoms with van der Waals surface area (Å²) in [4.78, 5) is 11.9. The number of nitrogens with one attached hydrogen (secondary N) is 1. The lowest BCUT2D eigenvalue weighted by atomic mass is 10.2. The third-order valence-corrected chi connectivity index (χ3v) is 4.18. The van der Waals surface area contributed by atoms with Crippen molar-refractivity contribution in [3.63, 3.8) is 0 Å². The summed E-state index contributed by atoms with van der Waals surface area (Å²) >= 11 is 13.6. The van der Waals surface area contributed by atoms with Crippen LogP contribution in [0, 0.1) is 0 Å². The first kappa shape index (κ1) is 15.6. The molecule has 6 heteroatoms. The quantitative estimate of drug-likeness (QED) is 0.266. The molecular weight excluding hydrogens is 291 g/mol. The van der Waals surface area contributed by atoms with Gasteiger partial charge in [-0.15, -0.1) is 11.8 Å². The maximum absolute atomic E-state index is 10.9. The molecule has 0 radical (unpaired) electrons. The van der Waals surface area contributed by atoms with Crippen LogP contribution in [0.3, 0.4) is 0 Å². The number of thioether (sulfide) groups is 1. The molecule has 0 atom stereocenters. The zero-order chi connectivity index (χ0) is 13.4. The Labute approximate surface area is 121 Å². The minimum Gasteiger partial charge on any atom is -0.294 e. The summed E-state index contributed by atoms with van der Waals surface area (Å²) < 4.78 is 0. The number of halogens is 2. The van der Waals surface area contributed by atoms with Crippen LogP contribution in [0.15, 0.2) is 23.1 Å². The second kappa shape index (κ2) is 8.64. The fourth-order valence-electron chi connectivity index (χ4n) is 1.41. The van der Waals surface area contributed by atoms with Crippen molar-refractivity contribution < 1.29 is 4.79 Å². The van der Waals surface area contributed by atoms with Crippen molar-refractivity contribution in [2.75, 3.05) is 5.75 Å². The number of carbonyl (C=O) groups excluding carboxylic acids is 1. The van der Waals surface area contributed by atoms with Gasteiger partial charge in [0.15, 0.2) is 0 Å². The summed E-state index contributed by atoms with van der Waals surface area (Å²) in [5, 5.41) is 1.42. The van der Waals surface area contributed by atoms with E-state index < -0.39 is 0 Å². The molecule has 0 bridgehead atoms. The van der Waals surface area contributed by atoms with Gasteiger partial charge in [-0.25, -0.2) is 5.84 Å². The van der Waals surface area contributed by atoms with E-state index in [1.54, 1.807) is 23.9 Å². The van der Waals surface area contributed by atoms with Crippen molar-refractivity contribution in [2.45, 2.75) is 30.6 Å². The van der Waals surface area contributed by atoms with Crippen molar-refractivity contribution in [3.8, 4) is 0 Å². The number of amides is 1. The Bertz CT molecular complexity index is 402. The van der Waals surface area contributed by atoms with Gasteiger partial charge in [0.05, 0.1) is 5.02 Å². The molecule has 0 aliphatic carbocycles. The Hall–Kier alpha value is -0.420. The van der Waals surface area contributed by atoms with Crippen molar-refractivity contribution in [1.29, 1.82) is 0 Å². The Kier molecular flexibility index (Phi) is 7.51. The van der Waals surface area contributed by atoms with Gasteiger partial charge in [-0.1, -0.05) is 29.6 Å². The zero-order valence-electron chi connectivity index (χ0n) is 9.92. The van der Waals surface area contributed by atoms with E-state index >= 15 is 0 Å². The average Bonchev–Trinajstić information content (AvgIpc) is 2.37. The number of hydrazine groups is 1. The van der Waals surface area contributed by atoms with Gasteiger partial charge in [0.2, 0.25) is 5.91 Å². The van der Waals surface area contributed by atoms with Crippen LogP contribution in [-0.4, -0.2) is 11.7 Å². The molecule has 3 nitrogen and oxygen atoms in total. The van der Waals surface area contributed by atoms with Gasteiger partial charge in [-0.2, -0.15) is 0 Å². The number of hydrogen-bond donors (Lipinski definition) is 2. The maximum Gasteiger partial charge on any atom is 0.233 e. The second-order valence-corrected chi connectivity index (χ2v) is 5.78. The molecule has 0 aliphatic rings. The Balaban J connectivity index is 2.18. The Morgan fingerprint density at radius 3 is 2.78 bits per heavy atom. The van der Waals surface area contributed by atoms with Crippen LogP contribution >= 0.6 is 35.0 Å². The van der Waals surface area contributed by atoms with E-state index in [4.69, 9.17) is 29.0 Å². The van der Waals surface area contributed by atoms with E-state index in [0.29, 0.717) is 11.4 Å². The summed E-state index contributed by atoms with van der Waals surface area (Å²) in [6.45, 7) is 0. The van der Waals surface area contributed by atoms with Gasteiger partial charge in [0.1, 0.15) is 0 Å². The molecule has 0 heterocycles. The highest BCUT2D eigenvalue weighted by molar-refractivity contribution is 7.99. The number of rotatable bonds is 7. The van der Waals surface area contributed by atoms with Crippen LogP contribution in [0.5, 0.6) is 0 Å². The number of nitrogens with two attached hydrogens (primary N) is 1. The Morgan fingerprint density at radius 2 is 2.06 bits per heavy atom. The van der Waals surface area contributed by atoms with Gasteiger partial charge < -0.3 is 0 Å². The normalized spacial score (nSPS) is 10.4. The molecule has 0 aliphatic heterocycles. The lowest BCUT2D eigenvalue weighted by Crippen LogP contribution is -2.29. The van der Waals surface area contributed by atoms with Crippen molar-refractivity contribution in [1.82, 2.24) is 5.43 Å². The second-order valence-electron chi connectivity index (χ2n) is 3.80. The fourth-order valence-corrected chi connectivity index (χ4v) is 2.91. The summed E-state index contributed by atoms with van der Waals surface area (Å²) in [7, 11) is 0. The summed E-state index contributed by atoms with van der Waals surface area (Å²) in [5.74, 6) is 5.84. The van der Waals surface area contributed by atoms with Gasteiger partial charge in [-0.3, -0.25) is 10.2 Å². The molecule has 3 N–H and O–H groups in total. The number of unbranched alkanes of at least 4 members (excludes halogenated alkanes) is 2. The van der Waals surface area contributed by atoms with Gasteiger partial charge >= 0.3 is 0 Å². The highest BCUT2D eigenvalue weighted by Crippen LogP contribution is 2.30. The molecule has 0 saturated heterocycles. The maximum atomic E-state index is 10.9. The molecule has 0 fully saturated rings. The topological polar surface area (TPSA) is 55.1 Å². The SMILES string of the molecule is NNC(=O)CCCCCSc1cc(Cl)ccc1Cl. The molecule has 0 spiro atoms. The number of carbonyl (C=O) groups is 1. The van der Waals surface area contributed by atoms with Crippen LogP contribution < -0.4 is 11.3 Å². The minimum absolute atomic E-state index is 0.111. The monoisotopic (exact) mass is 306 g/mol. The third kappa shape index (κ3) is 5.96.